The SMILES string of the molecule is C[C@@H]1Cc2ccccc2N1C(=O)Cc1csc(NC(=O)c2ccc[nH]c2=O)n1. The third-order valence-electron chi connectivity index (χ3n) is 4.64. The van der Waals surface area contributed by atoms with Crippen LogP contribution in [0.15, 0.2) is 52.8 Å². The molecule has 7 nitrogen and oxygen atoms in total. The van der Waals surface area contributed by atoms with Crippen molar-refractivity contribution in [2.75, 3.05) is 10.2 Å². The number of rotatable bonds is 4. The number of pyridine rings is 1. The lowest BCUT2D eigenvalue weighted by Gasteiger charge is -2.22. The number of thiazole rings is 1. The van der Waals surface area contributed by atoms with E-state index in [1.165, 1.54) is 29.2 Å². The van der Waals surface area contributed by atoms with Crippen molar-refractivity contribution >= 4 is 34.0 Å². The standard InChI is InChI=1S/C20H18N4O3S/c1-12-9-13-5-2-3-7-16(13)24(12)17(25)10-14-11-28-20(22-14)23-19(27)15-6-4-8-21-18(15)26/h2-8,11-12H,9-10H2,1H3,(H,21,26)(H,22,23,27)/t12-/m1/s1. The molecular weight excluding hydrogens is 376 g/mol. The Morgan fingerprint density at radius 3 is 2.93 bits per heavy atom. The summed E-state index contributed by atoms with van der Waals surface area (Å²) in [6.07, 6.45) is 2.45. The second-order valence-corrected chi connectivity index (χ2v) is 7.49. The first-order valence-electron chi connectivity index (χ1n) is 8.86. The molecule has 2 N–H and O–H groups in total. The number of para-hydroxylation sites is 1. The summed E-state index contributed by atoms with van der Waals surface area (Å²) >= 11 is 1.22. The third-order valence-corrected chi connectivity index (χ3v) is 5.45. The van der Waals surface area contributed by atoms with Gasteiger partial charge >= 0.3 is 0 Å². The van der Waals surface area contributed by atoms with E-state index in [2.05, 4.69) is 15.3 Å². The molecule has 1 atom stereocenters. The first kappa shape index (κ1) is 18.1. The summed E-state index contributed by atoms with van der Waals surface area (Å²) in [6, 6.07) is 11.0. The van der Waals surface area contributed by atoms with Crippen LogP contribution >= 0.6 is 11.3 Å². The van der Waals surface area contributed by atoms with E-state index >= 15 is 0 Å². The second-order valence-electron chi connectivity index (χ2n) is 6.63. The summed E-state index contributed by atoms with van der Waals surface area (Å²) in [4.78, 5) is 45.4. The van der Waals surface area contributed by atoms with Crippen molar-refractivity contribution in [1.82, 2.24) is 9.97 Å². The second kappa shape index (κ2) is 7.40. The summed E-state index contributed by atoms with van der Waals surface area (Å²) in [7, 11) is 0. The topological polar surface area (TPSA) is 95.2 Å². The van der Waals surface area contributed by atoms with Crippen molar-refractivity contribution in [3.63, 3.8) is 0 Å². The Labute approximate surface area is 165 Å². The molecule has 1 aromatic carbocycles. The Hall–Kier alpha value is -3.26. The van der Waals surface area contributed by atoms with Gasteiger partial charge in [0.2, 0.25) is 5.91 Å². The molecule has 0 saturated heterocycles. The monoisotopic (exact) mass is 394 g/mol. The highest BCUT2D eigenvalue weighted by atomic mass is 32.1. The number of hydrogen-bond donors (Lipinski definition) is 2. The molecule has 1 aliphatic rings. The highest BCUT2D eigenvalue weighted by Gasteiger charge is 2.30. The number of anilines is 2. The number of aromatic amines is 1. The fraction of sp³-hybridized carbons (Fsp3) is 0.200. The van der Waals surface area contributed by atoms with Gasteiger partial charge in [-0.2, -0.15) is 0 Å². The van der Waals surface area contributed by atoms with E-state index < -0.39 is 11.5 Å². The fourth-order valence-electron chi connectivity index (χ4n) is 3.40. The predicted octanol–water partition coefficient (Wildman–Crippen LogP) is 2.60. The minimum absolute atomic E-state index is 0.0119. The molecule has 0 bridgehead atoms. The zero-order chi connectivity index (χ0) is 19.7. The number of fused-ring (bicyclic) bond motifs is 1. The van der Waals surface area contributed by atoms with E-state index in [4.69, 9.17) is 0 Å². The van der Waals surface area contributed by atoms with Crippen molar-refractivity contribution in [2.24, 2.45) is 0 Å². The molecule has 0 spiro atoms. The minimum atomic E-state index is -0.531. The number of nitrogens with zero attached hydrogens (tertiary/aromatic N) is 2. The zero-order valence-corrected chi connectivity index (χ0v) is 16.0. The molecule has 0 fully saturated rings. The van der Waals surface area contributed by atoms with Crippen LogP contribution in [0.5, 0.6) is 0 Å². The van der Waals surface area contributed by atoms with Gasteiger partial charge in [0.15, 0.2) is 5.13 Å². The number of carbonyl (C=O) groups excluding carboxylic acids is 2. The van der Waals surface area contributed by atoms with Crippen LogP contribution in [0.3, 0.4) is 0 Å². The van der Waals surface area contributed by atoms with Crippen molar-refractivity contribution < 1.29 is 9.59 Å². The number of amides is 2. The van der Waals surface area contributed by atoms with Gasteiger partial charge in [-0.15, -0.1) is 11.3 Å². The summed E-state index contributed by atoms with van der Waals surface area (Å²) in [5.41, 5.74) is 2.25. The van der Waals surface area contributed by atoms with Gasteiger partial charge < -0.3 is 9.88 Å². The Kier molecular flexibility index (Phi) is 4.79. The molecular formula is C20H18N4O3S. The number of aromatic nitrogens is 2. The summed E-state index contributed by atoms with van der Waals surface area (Å²) in [5.74, 6) is -0.559. The van der Waals surface area contributed by atoms with Gasteiger partial charge in [0.1, 0.15) is 5.56 Å². The maximum atomic E-state index is 12.8. The van der Waals surface area contributed by atoms with Gasteiger partial charge in [0.05, 0.1) is 12.1 Å². The number of nitrogens with one attached hydrogen (secondary N) is 2. The smallest absolute Gasteiger partial charge is 0.263 e. The number of benzene rings is 1. The normalized spacial score (nSPS) is 15.3. The summed E-state index contributed by atoms with van der Waals surface area (Å²) in [5, 5.41) is 4.71. The van der Waals surface area contributed by atoms with Crippen LogP contribution < -0.4 is 15.8 Å². The van der Waals surface area contributed by atoms with Gasteiger partial charge in [-0.1, -0.05) is 18.2 Å². The maximum absolute atomic E-state index is 12.8. The molecule has 2 aromatic heterocycles. The molecule has 28 heavy (non-hydrogen) atoms. The molecule has 0 saturated carbocycles. The number of carbonyl (C=O) groups is 2. The quantitative estimate of drug-likeness (QED) is 0.711. The fourth-order valence-corrected chi connectivity index (χ4v) is 4.10. The van der Waals surface area contributed by atoms with Gasteiger partial charge in [-0.3, -0.25) is 19.7 Å². The largest absolute Gasteiger partial charge is 0.328 e. The summed E-state index contributed by atoms with van der Waals surface area (Å²) in [6.45, 7) is 2.03. The Morgan fingerprint density at radius 2 is 2.11 bits per heavy atom. The van der Waals surface area contributed by atoms with Crippen LogP contribution in [0.4, 0.5) is 10.8 Å². The van der Waals surface area contributed by atoms with E-state index in [1.54, 1.807) is 11.4 Å². The maximum Gasteiger partial charge on any atom is 0.263 e. The van der Waals surface area contributed by atoms with Crippen LogP contribution in [0, 0.1) is 0 Å². The minimum Gasteiger partial charge on any atom is -0.328 e. The van der Waals surface area contributed by atoms with Crippen molar-refractivity contribution in [3.05, 3.63) is 75.1 Å². The lowest BCUT2D eigenvalue weighted by molar-refractivity contribution is -0.118. The van der Waals surface area contributed by atoms with Gasteiger partial charge in [-0.05, 0) is 37.1 Å². The third kappa shape index (κ3) is 3.46. The van der Waals surface area contributed by atoms with Gasteiger partial charge in [0.25, 0.3) is 11.5 Å². The lowest BCUT2D eigenvalue weighted by Crippen LogP contribution is -2.36. The van der Waals surface area contributed by atoms with E-state index in [0.29, 0.717) is 10.8 Å². The first-order chi connectivity index (χ1) is 13.5. The molecule has 3 heterocycles. The molecule has 2 amide bonds. The molecule has 3 aromatic rings. The van der Waals surface area contributed by atoms with Crippen LogP contribution in [0.1, 0.15) is 28.5 Å². The molecule has 8 heteroatoms. The van der Waals surface area contributed by atoms with E-state index in [1.807, 2.05) is 36.1 Å². The lowest BCUT2D eigenvalue weighted by atomic mass is 10.1. The van der Waals surface area contributed by atoms with Crippen molar-refractivity contribution in [2.45, 2.75) is 25.8 Å². The molecule has 0 aliphatic carbocycles. The Morgan fingerprint density at radius 1 is 1.29 bits per heavy atom. The van der Waals surface area contributed by atoms with Crippen LogP contribution in [0.2, 0.25) is 0 Å². The van der Waals surface area contributed by atoms with Crippen molar-refractivity contribution in [1.29, 1.82) is 0 Å². The van der Waals surface area contributed by atoms with Crippen LogP contribution in [-0.2, 0) is 17.6 Å². The Balaban J connectivity index is 1.45. The molecule has 0 radical (unpaired) electrons. The van der Waals surface area contributed by atoms with Crippen LogP contribution in [0.25, 0.3) is 0 Å². The molecule has 0 unspecified atom stereocenters. The number of H-pyrrole nitrogens is 1. The highest BCUT2D eigenvalue weighted by Crippen LogP contribution is 2.32. The predicted molar refractivity (Wildman–Crippen MR) is 108 cm³/mol. The molecule has 142 valence electrons. The summed E-state index contributed by atoms with van der Waals surface area (Å²) < 4.78 is 0. The zero-order valence-electron chi connectivity index (χ0n) is 15.1. The van der Waals surface area contributed by atoms with E-state index in [0.717, 1.165) is 12.1 Å². The van der Waals surface area contributed by atoms with Crippen LogP contribution in [-0.4, -0.2) is 27.8 Å². The van der Waals surface area contributed by atoms with E-state index in [-0.39, 0.29) is 23.9 Å². The van der Waals surface area contributed by atoms with Gasteiger partial charge in [-0.25, -0.2) is 4.98 Å². The van der Waals surface area contributed by atoms with Gasteiger partial charge in [0, 0.05) is 23.3 Å². The van der Waals surface area contributed by atoms with E-state index in [9.17, 15) is 14.4 Å². The van der Waals surface area contributed by atoms with Crippen molar-refractivity contribution in [3.8, 4) is 0 Å². The molecule has 4 rings (SSSR count). The average Bonchev–Trinajstić information content (AvgIpc) is 3.24. The first-order valence-corrected chi connectivity index (χ1v) is 9.74. The number of hydrogen-bond acceptors (Lipinski definition) is 5. The molecule has 1 aliphatic heterocycles. The highest BCUT2D eigenvalue weighted by molar-refractivity contribution is 7.14. The Bertz CT molecular complexity index is 1100. The average molecular weight is 394 g/mol.